The zero-order valence-corrected chi connectivity index (χ0v) is 16.3. The molecule has 1 aromatic heterocycles. The van der Waals surface area contributed by atoms with Crippen molar-refractivity contribution >= 4 is 11.6 Å². The van der Waals surface area contributed by atoms with Crippen molar-refractivity contribution in [3.05, 3.63) is 60.2 Å². The van der Waals surface area contributed by atoms with E-state index >= 15 is 0 Å². The maximum Gasteiger partial charge on any atom is 0.232 e. The van der Waals surface area contributed by atoms with Crippen LogP contribution < -0.4 is 9.64 Å². The second-order valence-corrected chi connectivity index (χ2v) is 7.57. The first-order chi connectivity index (χ1) is 14.0. The third-order valence-electron chi connectivity index (χ3n) is 4.73. The normalized spacial score (nSPS) is 16.6. The Balaban J connectivity index is 1.46. The molecule has 1 amide bonds. The molecule has 2 aromatic carbocycles. The van der Waals surface area contributed by atoms with Crippen molar-refractivity contribution in [2.45, 2.75) is 26.2 Å². The number of halogens is 1. The van der Waals surface area contributed by atoms with Gasteiger partial charge in [-0.2, -0.15) is 4.98 Å². The first-order valence-corrected chi connectivity index (χ1v) is 9.62. The lowest BCUT2D eigenvalue weighted by Gasteiger charge is -2.15. The summed E-state index contributed by atoms with van der Waals surface area (Å²) in [7, 11) is 0. The van der Waals surface area contributed by atoms with Crippen molar-refractivity contribution in [1.29, 1.82) is 0 Å². The van der Waals surface area contributed by atoms with Crippen LogP contribution in [0.2, 0.25) is 0 Å². The summed E-state index contributed by atoms with van der Waals surface area (Å²) in [4.78, 5) is 18.4. The highest BCUT2D eigenvalue weighted by molar-refractivity contribution is 5.96. The summed E-state index contributed by atoms with van der Waals surface area (Å²) >= 11 is 0. The predicted molar refractivity (Wildman–Crippen MR) is 106 cm³/mol. The molecule has 1 fully saturated rings. The van der Waals surface area contributed by atoms with E-state index in [1.807, 2.05) is 24.3 Å². The van der Waals surface area contributed by atoms with E-state index in [2.05, 4.69) is 24.0 Å². The number of ether oxygens (including phenoxy) is 1. The van der Waals surface area contributed by atoms with E-state index in [-0.39, 0.29) is 24.1 Å². The monoisotopic (exact) mass is 395 g/mol. The van der Waals surface area contributed by atoms with Gasteiger partial charge in [-0.3, -0.25) is 4.79 Å². The van der Waals surface area contributed by atoms with Crippen LogP contribution in [0.25, 0.3) is 11.4 Å². The molecule has 2 heterocycles. The van der Waals surface area contributed by atoms with Crippen molar-refractivity contribution in [3.63, 3.8) is 0 Å². The van der Waals surface area contributed by atoms with Gasteiger partial charge in [0.2, 0.25) is 17.6 Å². The quantitative estimate of drug-likeness (QED) is 0.618. The number of nitrogens with zero attached hydrogens (tertiary/aromatic N) is 3. The van der Waals surface area contributed by atoms with Gasteiger partial charge in [0.05, 0.1) is 12.5 Å². The Morgan fingerprint density at radius 1 is 1.24 bits per heavy atom. The van der Waals surface area contributed by atoms with Gasteiger partial charge in [0, 0.05) is 24.2 Å². The fourth-order valence-corrected chi connectivity index (χ4v) is 3.25. The smallest absolute Gasteiger partial charge is 0.232 e. The van der Waals surface area contributed by atoms with Gasteiger partial charge in [0.25, 0.3) is 0 Å². The highest BCUT2D eigenvalue weighted by Gasteiger charge is 2.35. The molecule has 3 aromatic rings. The van der Waals surface area contributed by atoms with E-state index in [9.17, 15) is 9.18 Å². The number of amides is 1. The van der Waals surface area contributed by atoms with Gasteiger partial charge in [-0.25, -0.2) is 4.39 Å². The van der Waals surface area contributed by atoms with Crippen LogP contribution in [0.15, 0.2) is 53.1 Å². The molecule has 0 saturated carbocycles. The third-order valence-corrected chi connectivity index (χ3v) is 4.73. The lowest BCUT2D eigenvalue weighted by molar-refractivity contribution is -0.117. The average molecular weight is 395 g/mol. The molecule has 1 aliphatic heterocycles. The van der Waals surface area contributed by atoms with E-state index in [0.29, 0.717) is 36.5 Å². The van der Waals surface area contributed by atoms with E-state index < -0.39 is 0 Å². The van der Waals surface area contributed by atoms with E-state index in [4.69, 9.17) is 9.26 Å². The van der Waals surface area contributed by atoms with Crippen LogP contribution in [0.5, 0.6) is 5.75 Å². The molecule has 1 aliphatic rings. The van der Waals surface area contributed by atoms with Crippen LogP contribution in [0, 0.1) is 11.7 Å². The maximum absolute atomic E-state index is 13.5. The number of carbonyl (C=O) groups is 1. The van der Waals surface area contributed by atoms with Crippen LogP contribution in [0.1, 0.15) is 32.1 Å². The Kier molecular flexibility index (Phi) is 5.29. The standard InChI is InChI=1S/C22H22FN3O3/c1-14(2)13-28-19-8-6-15(7-9-19)21-24-22(29-25-21)16-10-20(27)26(12-16)18-5-3-4-17(23)11-18/h3-9,11,14,16H,10,12-13H2,1-2H3. The molecule has 29 heavy (non-hydrogen) atoms. The zero-order chi connectivity index (χ0) is 20.4. The molecule has 4 rings (SSSR count). The van der Waals surface area contributed by atoms with Gasteiger partial charge in [-0.05, 0) is 48.4 Å². The molecule has 0 N–H and O–H groups in total. The SMILES string of the molecule is CC(C)COc1ccc(-c2noc(C3CC(=O)N(c4cccc(F)c4)C3)n2)cc1. The Labute approximate surface area is 168 Å². The number of benzene rings is 2. The number of hydrogen-bond acceptors (Lipinski definition) is 5. The van der Waals surface area contributed by atoms with Crippen LogP contribution in [-0.4, -0.2) is 29.2 Å². The zero-order valence-electron chi connectivity index (χ0n) is 16.3. The molecule has 0 aliphatic carbocycles. The molecule has 0 radical (unpaired) electrons. The first-order valence-electron chi connectivity index (χ1n) is 9.62. The summed E-state index contributed by atoms with van der Waals surface area (Å²) in [5, 5.41) is 4.06. The fraction of sp³-hybridized carbons (Fsp3) is 0.318. The van der Waals surface area contributed by atoms with Gasteiger partial charge < -0.3 is 14.2 Å². The van der Waals surface area contributed by atoms with E-state index in [0.717, 1.165) is 11.3 Å². The Morgan fingerprint density at radius 3 is 2.76 bits per heavy atom. The highest BCUT2D eigenvalue weighted by atomic mass is 19.1. The molecule has 1 unspecified atom stereocenters. The largest absolute Gasteiger partial charge is 0.493 e. The second-order valence-electron chi connectivity index (χ2n) is 7.57. The van der Waals surface area contributed by atoms with Crippen molar-refractivity contribution in [2.24, 2.45) is 5.92 Å². The molecule has 0 spiro atoms. The summed E-state index contributed by atoms with van der Waals surface area (Å²) in [6, 6.07) is 13.5. The Bertz CT molecular complexity index is 1000. The van der Waals surface area contributed by atoms with Gasteiger partial charge in [0.1, 0.15) is 11.6 Å². The molecule has 0 bridgehead atoms. The summed E-state index contributed by atoms with van der Waals surface area (Å²) < 4.78 is 24.6. The summed E-state index contributed by atoms with van der Waals surface area (Å²) in [5.74, 6) is 1.43. The number of rotatable bonds is 6. The van der Waals surface area contributed by atoms with Gasteiger partial charge in [-0.15, -0.1) is 0 Å². The lowest BCUT2D eigenvalue weighted by atomic mass is 10.1. The van der Waals surface area contributed by atoms with Crippen LogP contribution >= 0.6 is 0 Å². The maximum atomic E-state index is 13.5. The predicted octanol–water partition coefficient (Wildman–Crippen LogP) is 4.43. The molecule has 6 nitrogen and oxygen atoms in total. The van der Waals surface area contributed by atoms with Crippen molar-refractivity contribution in [3.8, 4) is 17.1 Å². The molecule has 150 valence electrons. The highest BCUT2D eigenvalue weighted by Crippen LogP contribution is 2.32. The van der Waals surface area contributed by atoms with Crippen LogP contribution in [0.3, 0.4) is 0 Å². The summed E-state index contributed by atoms with van der Waals surface area (Å²) in [6.07, 6.45) is 0.250. The number of aromatic nitrogens is 2. The summed E-state index contributed by atoms with van der Waals surface area (Å²) in [5.41, 5.74) is 1.34. The average Bonchev–Trinajstić information content (AvgIpc) is 3.34. The van der Waals surface area contributed by atoms with E-state index in [1.54, 1.807) is 17.0 Å². The van der Waals surface area contributed by atoms with Crippen LogP contribution in [-0.2, 0) is 4.79 Å². The number of carbonyl (C=O) groups excluding carboxylic acids is 1. The summed E-state index contributed by atoms with van der Waals surface area (Å²) in [6.45, 7) is 5.23. The van der Waals surface area contributed by atoms with Crippen molar-refractivity contribution in [2.75, 3.05) is 18.1 Å². The topological polar surface area (TPSA) is 68.5 Å². The Hall–Kier alpha value is -3.22. The molecule has 7 heteroatoms. The molecule has 1 saturated heterocycles. The minimum Gasteiger partial charge on any atom is -0.493 e. The molecular formula is C22H22FN3O3. The van der Waals surface area contributed by atoms with Gasteiger partial charge >= 0.3 is 0 Å². The Morgan fingerprint density at radius 2 is 2.03 bits per heavy atom. The van der Waals surface area contributed by atoms with E-state index in [1.165, 1.54) is 12.1 Å². The number of hydrogen-bond donors (Lipinski definition) is 0. The first kappa shape index (κ1) is 19.1. The van der Waals surface area contributed by atoms with Gasteiger partial charge in [0.15, 0.2) is 0 Å². The van der Waals surface area contributed by atoms with Gasteiger partial charge in [-0.1, -0.05) is 25.1 Å². The number of anilines is 1. The van der Waals surface area contributed by atoms with Crippen molar-refractivity contribution < 1.29 is 18.4 Å². The third kappa shape index (κ3) is 4.29. The van der Waals surface area contributed by atoms with Crippen molar-refractivity contribution in [1.82, 2.24) is 10.1 Å². The lowest BCUT2D eigenvalue weighted by Crippen LogP contribution is -2.24. The molecule has 1 atom stereocenters. The minimum absolute atomic E-state index is 0.0907. The fourth-order valence-electron chi connectivity index (χ4n) is 3.25. The molecular weight excluding hydrogens is 373 g/mol. The van der Waals surface area contributed by atoms with Crippen LogP contribution in [0.4, 0.5) is 10.1 Å². The minimum atomic E-state index is -0.375. The second kappa shape index (κ2) is 8.03.